The Hall–Kier alpha value is -2.45. The lowest BCUT2D eigenvalue weighted by atomic mass is 10.0. The number of nitro benzene ring substituents is 1. The third kappa shape index (κ3) is 2.75. The molecule has 0 radical (unpaired) electrons. The number of anilines is 1. The second kappa shape index (κ2) is 6.07. The van der Waals surface area contributed by atoms with Gasteiger partial charge in [0.15, 0.2) is 0 Å². The van der Waals surface area contributed by atoms with Crippen LogP contribution in [0.5, 0.6) is 0 Å². The van der Waals surface area contributed by atoms with Crippen LogP contribution in [0.15, 0.2) is 47.4 Å². The molecule has 3 atom stereocenters. The average Bonchev–Trinajstić information content (AvgIpc) is 3.17. The van der Waals surface area contributed by atoms with Crippen molar-refractivity contribution in [1.82, 2.24) is 4.72 Å². The molecule has 0 amide bonds. The molecule has 2 aromatic carbocycles. The van der Waals surface area contributed by atoms with Crippen LogP contribution in [0.2, 0.25) is 0 Å². The molecule has 4 rings (SSSR count). The van der Waals surface area contributed by atoms with Gasteiger partial charge in [-0.3, -0.25) is 10.1 Å². The molecule has 7 nitrogen and oxygen atoms in total. The number of hydrogen-bond donors (Lipinski definition) is 2. The smallest absolute Gasteiger partial charge is 0.293 e. The monoisotopic (exact) mass is 373 g/mol. The van der Waals surface area contributed by atoms with Crippen LogP contribution in [0.3, 0.4) is 0 Å². The highest BCUT2D eigenvalue weighted by Gasteiger charge is 2.54. The average molecular weight is 373 g/mol. The van der Waals surface area contributed by atoms with Gasteiger partial charge in [0.2, 0.25) is 10.0 Å². The molecule has 0 heterocycles. The molecule has 2 aliphatic carbocycles. The summed E-state index contributed by atoms with van der Waals surface area (Å²) in [4.78, 5) is 10.7. The van der Waals surface area contributed by atoms with Crippen molar-refractivity contribution in [2.75, 3.05) is 18.9 Å². The first kappa shape index (κ1) is 17.0. The van der Waals surface area contributed by atoms with E-state index in [0.29, 0.717) is 30.0 Å². The number of rotatable bonds is 6. The summed E-state index contributed by atoms with van der Waals surface area (Å²) >= 11 is 0. The Morgan fingerprint density at radius 3 is 2.73 bits per heavy atom. The van der Waals surface area contributed by atoms with Crippen LogP contribution in [0.1, 0.15) is 17.0 Å². The maximum Gasteiger partial charge on any atom is 0.293 e. The van der Waals surface area contributed by atoms with Gasteiger partial charge in [0.1, 0.15) is 5.69 Å². The Bertz CT molecular complexity index is 990. The molecule has 1 fully saturated rings. The van der Waals surface area contributed by atoms with E-state index in [0.717, 1.165) is 12.5 Å². The van der Waals surface area contributed by atoms with Crippen molar-refractivity contribution in [3.63, 3.8) is 0 Å². The summed E-state index contributed by atoms with van der Waals surface area (Å²) in [5.41, 5.74) is 2.93. The topological polar surface area (TPSA) is 101 Å². The van der Waals surface area contributed by atoms with E-state index in [4.69, 9.17) is 0 Å². The third-order valence-corrected chi connectivity index (χ3v) is 6.89. The lowest BCUT2D eigenvalue weighted by molar-refractivity contribution is -0.384. The Balaban J connectivity index is 1.51. The lowest BCUT2D eigenvalue weighted by Gasteiger charge is -2.11. The van der Waals surface area contributed by atoms with Gasteiger partial charge in [-0.05, 0) is 54.5 Å². The van der Waals surface area contributed by atoms with Crippen molar-refractivity contribution in [1.29, 1.82) is 0 Å². The molecule has 2 aliphatic rings. The van der Waals surface area contributed by atoms with E-state index in [1.54, 1.807) is 0 Å². The molecule has 2 N–H and O–H groups in total. The molecule has 0 bridgehead atoms. The van der Waals surface area contributed by atoms with Crippen LogP contribution < -0.4 is 10.0 Å². The SMILES string of the molecule is CNS(=O)(=O)c1ccc(NCC2C3Cc4ccccc4C23)c([N+](=O)[O-])c1. The highest BCUT2D eigenvalue weighted by Crippen LogP contribution is 2.61. The molecule has 3 unspecified atom stereocenters. The van der Waals surface area contributed by atoms with Gasteiger partial charge >= 0.3 is 0 Å². The summed E-state index contributed by atoms with van der Waals surface area (Å²) in [5, 5.41) is 14.5. The number of hydrogen-bond acceptors (Lipinski definition) is 5. The van der Waals surface area contributed by atoms with Crippen LogP contribution in [-0.4, -0.2) is 26.9 Å². The number of nitro groups is 1. The first-order valence-electron chi connectivity index (χ1n) is 8.46. The summed E-state index contributed by atoms with van der Waals surface area (Å²) in [7, 11) is -2.44. The Morgan fingerprint density at radius 2 is 2.00 bits per heavy atom. The Morgan fingerprint density at radius 1 is 1.23 bits per heavy atom. The van der Waals surface area contributed by atoms with E-state index < -0.39 is 14.9 Å². The summed E-state index contributed by atoms with van der Waals surface area (Å²) in [6.45, 7) is 0.642. The minimum Gasteiger partial charge on any atom is -0.379 e. The van der Waals surface area contributed by atoms with Crippen molar-refractivity contribution < 1.29 is 13.3 Å². The first-order valence-corrected chi connectivity index (χ1v) is 9.94. The predicted molar refractivity (Wildman–Crippen MR) is 97.7 cm³/mol. The fourth-order valence-corrected chi connectivity index (χ4v) is 4.84. The molecule has 1 saturated carbocycles. The van der Waals surface area contributed by atoms with Gasteiger partial charge in [-0.1, -0.05) is 24.3 Å². The highest BCUT2D eigenvalue weighted by molar-refractivity contribution is 7.89. The number of nitrogens with zero attached hydrogens (tertiary/aromatic N) is 1. The number of nitrogens with one attached hydrogen (secondary N) is 2. The van der Waals surface area contributed by atoms with Gasteiger partial charge in [0, 0.05) is 12.6 Å². The fraction of sp³-hybridized carbons (Fsp3) is 0.333. The third-order valence-electron chi connectivity index (χ3n) is 5.47. The van der Waals surface area contributed by atoms with E-state index >= 15 is 0 Å². The van der Waals surface area contributed by atoms with Gasteiger partial charge in [-0.25, -0.2) is 13.1 Å². The standard InChI is InChI=1S/C18H19N3O4S/c1-19-26(24,25)12-6-7-16(17(9-12)21(22)23)20-10-15-14-8-11-4-2-3-5-13(11)18(14)15/h2-7,9,14-15,18-20H,8,10H2,1H3. The molecular formula is C18H19N3O4S. The number of benzene rings is 2. The zero-order chi connectivity index (χ0) is 18.5. The quantitative estimate of drug-likeness (QED) is 0.598. The zero-order valence-electron chi connectivity index (χ0n) is 14.2. The van der Waals surface area contributed by atoms with Crippen LogP contribution in [0.4, 0.5) is 11.4 Å². The summed E-state index contributed by atoms with van der Waals surface area (Å²) < 4.78 is 25.9. The van der Waals surface area contributed by atoms with Gasteiger partial charge in [-0.15, -0.1) is 0 Å². The van der Waals surface area contributed by atoms with Crippen LogP contribution in [0, 0.1) is 22.0 Å². The molecule has 2 aromatic rings. The van der Waals surface area contributed by atoms with E-state index in [2.05, 4.69) is 34.3 Å². The minimum absolute atomic E-state index is 0.116. The normalized spacial score (nSPS) is 23.2. The predicted octanol–water partition coefficient (Wildman–Crippen LogP) is 2.50. The van der Waals surface area contributed by atoms with E-state index in [-0.39, 0.29) is 10.6 Å². The molecule has 0 saturated heterocycles. The number of fused-ring (bicyclic) bond motifs is 3. The van der Waals surface area contributed by atoms with Crippen molar-refractivity contribution in [3.05, 3.63) is 63.7 Å². The fourth-order valence-electron chi connectivity index (χ4n) is 4.09. The molecule has 0 aliphatic heterocycles. The van der Waals surface area contributed by atoms with Crippen molar-refractivity contribution >= 4 is 21.4 Å². The highest BCUT2D eigenvalue weighted by atomic mass is 32.2. The largest absolute Gasteiger partial charge is 0.379 e. The van der Waals surface area contributed by atoms with Crippen LogP contribution >= 0.6 is 0 Å². The van der Waals surface area contributed by atoms with Crippen LogP contribution in [0.25, 0.3) is 0 Å². The van der Waals surface area contributed by atoms with E-state index in [1.165, 1.54) is 30.3 Å². The van der Waals surface area contributed by atoms with Crippen molar-refractivity contribution in [2.45, 2.75) is 17.2 Å². The molecule has 0 aromatic heterocycles. The van der Waals surface area contributed by atoms with Gasteiger partial charge in [0.25, 0.3) is 5.69 Å². The minimum atomic E-state index is -3.72. The Labute approximate surface area is 151 Å². The zero-order valence-corrected chi connectivity index (χ0v) is 15.0. The summed E-state index contributed by atoms with van der Waals surface area (Å²) in [6, 6.07) is 12.4. The molecule has 26 heavy (non-hydrogen) atoms. The Kier molecular flexibility index (Phi) is 3.96. The maximum absolute atomic E-state index is 11.9. The van der Waals surface area contributed by atoms with E-state index in [9.17, 15) is 18.5 Å². The van der Waals surface area contributed by atoms with Crippen molar-refractivity contribution in [3.8, 4) is 0 Å². The molecular weight excluding hydrogens is 354 g/mol. The van der Waals surface area contributed by atoms with Crippen molar-refractivity contribution in [2.24, 2.45) is 11.8 Å². The second-order valence-electron chi connectivity index (χ2n) is 6.78. The van der Waals surface area contributed by atoms with Gasteiger partial charge in [-0.2, -0.15) is 0 Å². The molecule has 136 valence electrons. The first-order chi connectivity index (χ1) is 12.4. The van der Waals surface area contributed by atoms with Gasteiger partial charge < -0.3 is 5.32 Å². The number of sulfonamides is 1. The second-order valence-corrected chi connectivity index (χ2v) is 8.67. The molecule has 8 heteroatoms. The molecule has 0 spiro atoms. The maximum atomic E-state index is 11.9. The summed E-state index contributed by atoms with van der Waals surface area (Å²) in [6.07, 6.45) is 1.06. The van der Waals surface area contributed by atoms with Crippen LogP contribution in [-0.2, 0) is 16.4 Å². The van der Waals surface area contributed by atoms with E-state index in [1.807, 2.05) is 0 Å². The lowest BCUT2D eigenvalue weighted by Crippen LogP contribution is -2.19. The van der Waals surface area contributed by atoms with Gasteiger partial charge in [0.05, 0.1) is 9.82 Å². The summed E-state index contributed by atoms with van der Waals surface area (Å²) in [5.74, 6) is 1.59.